The van der Waals surface area contributed by atoms with Gasteiger partial charge in [-0.25, -0.2) is 13.6 Å². The van der Waals surface area contributed by atoms with E-state index in [9.17, 15) is 26.7 Å². The summed E-state index contributed by atoms with van der Waals surface area (Å²) in [6.07, 6.45) is -11.0. The van der Waals surface area contributed by atoms with E-state index in [1.165, 1.54) is 20.8 Å². The van der Waals surface area contributed by atoms with Crippen molar-refractivity contribution in [3.05, 3.63) is 35.9 Å². The fraction of sp³-hybridized carbons (Fsp3) is 0.529. The molecule has 0 radical (unpaired) electrons. The van der Waals surface area contributed by atoms with Gasteiger partial charge in [-0.2, -0.15) is 23.3 Å². The summed E-state index contributed by atoms with van der Waals surface area (Å²) in [7, 11) is 0. The molecule has 0 aliphatic carbocycles. The van der Waals surface area contributed by atoms with Crippen LogP contribution in [0.5, 0.6) is 0 Å². The van der Waals surface area contributed by atoms with Crippen LogP contribution >= 0.6 is 0 Å². The van der Waals surface area contributed by atoms with E-state index >= 15 is 0 Å². The Morgan fingerprint density at radius 2 is 1.85 bits per heavy atom. The number of alkyl halides is 5. The van der Waals surface area contributed by atoms with E-state index in [2.05, 4.69) is 10.4 Å². The highest BCUT2D eigenvalue weighted by Crippen LogP contribution is 2.42. The van der Waals surface area contributed by atoms with Crippen LogP contribution < -0.4 is 5.32 Å². The van der Waals surface area contributed by atoms with Crippen LogP contribution in [0.25, 0.3) is 0 Å². The van der Waals surface area contributed by atoms with Crippen LogP contribution in [0.4, 0.5) is 26.7 Å². The Kier molecular flexibility index (Phi) is 5.79. The zero-order valence-electron chi connectivity index (χ0n) is 15.0. The Morgan fingerprint density at radius 1 is 1.26 bits per heavy atom. The molecule has 0 fully saturated rings. The summed E-state index contributed by atoms with van der Waals surface area (Å²) in [6, 6.07) is 8.07. The minimum Gasteiger partial charge on any atom is -0.442 e. The van der Waals surface area contributed by atoms with Crippen LogP contribution in [-0.4, -0.2) is 40.7 Å². The molecule has 1 unspecified atom stereocenters. The fourth-order valence-electron chi connectivity index (χ4n) is 2.51. The number of nitrogens with zero attached hydrogens (tertiary/aromatic N) is 2. The molecular weight excluding hydrogens is 373 g/mol. The third-order valence-corrected chi connectivity index (χ3v) is 3.74. The zero-order chi connectivity index (χ0) is 20.5. The number of hydrogen-bond donors (Lipinski definition) is 1. The van der Waals surface area contributed by atoms with Crippen LogP contribution in [0.15, 0.2) is 35.4 Å². The second-order valence-corrected chi connectivity index (χ2v) is 7.06. The predicted octanol–water partition coefficient (Wildman–Crippen LogP) is 4.30. The lowest BCUT2D eigenvalue weighted by atomic mass is 10.0. The maximum Gasteiger partial charge on any atom is 0.433 e. The molecule has 1 heterocycles. The second kappa shape index (κ2) is 7.41. The third kappa shape index (κ3) is 4.74. The van der Waals surface area contributed by atoms with E-state index in [1.807, 2.05) is 0 Å². The monoisotopic (exact) mass is 393 g/mol. The number of amides is 1. The number of carbonyl (C=O) groups is 1. The number of hydrogen-bond acceptors (Lipinski definition) is 4. The topological polar surface area (TPSA) is 53.9 Å². The average molecular weight is 393 g/mol. The van der Waals surface area contributed by atoms with Crippen LogP contribution in [-0.2, 0) is 11.3 Å². The fourth-order valence-corrected chi connectivity index (χ4v) is 2.51. The smallest absolute Gasteiger partial charge is 0.433 e. The van der Waals surface area contributed by atoms with Crippen molar-refractivity contribution in [1.29, 1.82) is 0 Å². The molecule has 0 bridgehead atoms. The number of rotatable bonds is 4. The molecule has 27 heavy (non-hydrogen) atoms. The maximum absolute atomic E-state index is 14.0. The molecule has 0 saturated heterocycles. The first kappa shape index (κ1) is 21.1. The van der Waals surface area contributed by atoms with Gasteiger partial charge < -0.3 is 4.74 Å². The van der Waals surface area contributed by atoms with Crippen molar-refractivity contribution in [2.45, 2.75) is 57.6 Å². The molecular formula is C17H20F5N3O2. The van der Waals surface area contributed by atoms with Gasteiger partial charge >= 0.3 is 12.3 Å². The van der Waals surface area contributed by atoms with E-state index in [0.717, 1.165) is 0 Å². The standard InChI is InChI=1S/C17H20F5N3O2/c1-15(2,3)27-14(26)25-16(17(20,21)22,9-12(24-25)13(18)19)23-10-11-7-5-4-6-8-11/h4-8,13,23H,9-10H2,1-3H3. The SMILES string of the molecule is CC(C)(C)OC(=O)N1N=C(C(F)F)CC1(NCc1ccccc1)C(F)(F)F. The number of ether oxygens (including phenoxy) is 1. The van der Waals surface area contributed by atoms with E-state index in [0.29, 0.717) is 5.56 Å². The lowest BCUT2D eigenvalue weighted by Gasteiger charge is -2.38. The van der Waals surface area contributed by atoms with E-state index < -0.39 is 42.1 Å². The number of carbonyl (C=O) groups excluding carboxylic acids is 1. The van der Waals surface area contributed by atoms with E-state index in [1.54, 1.807) is 30.3 Å². The summed E-state index contributed by atoms with van der Waals surface area (Å²) in [5, 5.41) is 5.40. The number of halogens is 5. The molecule has 1 N–H and O–H groups in total. The van der Waals surface area contributed by atoms with Crippen molar-refractivity contribution in [3.8, 4) is 0 Å². The van der Waals surface area contributed by atoms with Crippen molar-refractivity contribution in [2.75, 3.05) is 0 Å². The molecule has 5 nitrogen and oxygen atoms in total. The summed E-state index contributed by atoms with van der Waals surface area (Å²) in [6.45, 7) is 4.04. The van der Waals surface area contributed by atoms with E-state index in [-0.39, 0.29) is 11.6 Å². The van der Waals surface area contributed by atoms with Gasteiger partial charge in [0.1, 0.15) is 11.3 Å². The third-order valence-electron chi connectivity index (χ3n) is 3.74. The van der Waals surface area contributed by atoms with Gasteiger partial charge in [-0.1, -0.05) is 30.3 Å². The largest absolute Gasteiger partial charge is 0.442 e. The molecule has 0 saturated carbocycles. The van der Waals surface area contributed by atoms with Gasteiger partial charge in [0.2, 0.25) is 5.66 Å². The van der Waals surface area contributed by atoms with Gasteiger partial charge in [0.05, 0.1) is 0 Å². The van der Waals surface area contributed by atoms with Crippen molar-refractivity contribution in [3.63, 3.8) is 0 Å². The lowest BCUT2D eigenvalue weighted by Crippen LogP contribution is -2.66. The van der Waals surface area contributed by atoms with Crippen molar-refractivity contribution >= 4 is 11.8 Å². The van der Waals surface area contributed by atoms with Crippen LogP contribution in [0.3, 0.4) is 0 Å². The zero-order valence-corrected chi connectivity index (χ0v) is 15.0. The summed E-state index contributed by atoms with van der Waals surface area (Å²) in [5.41, 5.74) is -4.82. The predicted molar refractivity (Wildman–Crippen MR) is 88.2 cm³/mol. The quantitative estimate of drug-likeness (QED) is 0.777. The Labute approximate surface area is 153 Å². The van der Waals surface area contributed by atoms with Gasteiger partial charge in [0, 0.05) is 13.0 Å². The summed E-state index contributed by atoms with van der Waals surface area (Å²) >= 11 is 0. The van der Waals surface area contributed by atoms with Crippen LogP contribution in [0, 0.1) is 0 Å². The Morgan fingerprint density at radius 3 is 2.33 bits per heavy atom. The van der Waals surface area contributed by atoms with Crippen molar-refractivity contribution in [1.82, 2.24) is 10.3 Å². The molecule has 2 rings (SSSR count). The van der Waals surface area contributed by atoms with Gasteiger partial charge in [-0.05, 0) is 26.3 Å². The van der Waals surface area contributed by atoms with Crippen molar-refractivity contribution in [2.24, 2.45) is 5.10 Å². The van der Waals surface area contributed by atoms with Gasteiger partial charge in [0.15, 0.2) is 0 Å². The number of benzene rings is 1. The van der Waals surface area contributed by atoms with Gasteiger partial charge in [-0.3, -0.25) is 5.32 Å². The van der Waals surface area contributed by atoms with Crippen LogP contribution in [0.2, 0.25) is 0 Å². The van der Waals surface area contributed by atoms with E-state index in [4.69, 9.17) is 4.74 Å². The molecule has 0 spiro atoms. The van der Waals surface area contributed by atoms with Gasteiger partial charge in [0.25, 0.3) is 6.43 Å². The molecule has 1 amide bonds. The molecule has 1 aromatic rings. The first-order valence-corrected chi connectivity index (χ1v) is 8.10. The number of nitrogens with one attached hydrogen (secondary N) is 1. The average Bonchev–Trinajstić information content (AvgIpc) is 2.94. The Bertz CT molecular complexity index is 701. The highest BCUT2D eigenvalue weighted by atomic mass is 19.4. The van der Waals surface area contributed by atoms with Gasteiger partial charge in [-0.15, -0.1) is 0 Å². The van der Waals surface area contributed by atoms with Crippen LogP contribution in [0.1, 0.15) is 32.8 Å². The summed E-state index contributed by atoms with van der Waals surface area (Å²) < 4.78 is 73.1. The molecule has 1 aliphatic heterocycles. The molecule has 1 atom stereocenters. The minimum atomic E-state index is -5.08. The highest BCUT2D eigenvalue weighted by molar-refractivity contribution is 5.92. The maximum atomic E-state index is 14.0. The minimum absolute atomic E-state index is 0.0529. The first-order valence-electron chi connectivity index (χ1n) is 8.10. The molecule has 150 valence electrons. The molecule has 0 aromatic heterocycles. The number of hydrazone groups is 1. The normalized spacial score (nSPS) is 20.8. The molecule has 1 aliphatic rings. The molecule has 1 aromatic carbocycles. The Hall–Kier alpha value is -2.23. The second-order valence-electron chi connectivity index (χ2n) is 7.06. The summed E-state index contributed by atoms with van der Waals surface area (Å²) in [5.74, 6) is 0. The highest BCUT2D eigenvalue weighted by Gasteiger charge is 2.65. The first-order chi connectivity index (χ1) is 12.4. The lowest BCUT2D eigenvalue weighted by molar-refractivity contribution is -0.233. The summed E-state index contributed by atoms with van der Waals surface area (Å²) in [4.78, 5) is 12.3. The Balaban J connectivity index is 2.40. The molecule has 10 heteroatoms. The van der Waals surface area contributed by atoms with Crippen molar-refractivity contribution < 1.29 is 31.5 Å².